The van der Waals surface area contributed by atoms with Crippen LogP contribution in [-0.4, -0.2) is 28.9 Å². The van der Waals surface area contributed by atoms with Gasteiger partial charge in [-0.1, -0.05) is 30.3 Å². The van der Waals surface area contributed by atoms with Gasteiger partial charge in [0.2, 0.25) is 5.91 Å². The Morgan fingerprint density at radius 1 is 1.10 bits per heavy atom. The number of carbonyl (C=O) groups is 1. The first-order valence-electron chi connectivity index (χ1n) is 8.17. The van der Waals surface area contributed by atoms with E-state index in [1.807, 2.05) is 18.2 Å². The molecule has 3 fully saturated rings. The predicted octanol–water partition coefficient (Wildman–Crippen LogP) is 1.82. The maximum absolute atomic E-state index is 12.8. The normalized spacial score (nSPS) is 28.6. The van der Waals surface area contributed by atoms with Crippen molar-refractivity contribution in [3.05, 3.63) is 35.9 Å². The second-order valence-corrected chi connectivity index (χ2v) is 6.70. The molecule has 4 nitrogen and oxygen atoms in total. The molecule has 0 spiro atoms. The lowest BCUT2D eigenvalue weighted by Crippen LogP contribution is -2.46. The molecular formula is C17H23N3O. The van der Waals surface area contributed by atoms with Crippen LogP contribution in [0.25, 0.3) is 0 Å². The largest absolute Gasteiger partial charge is 0.334 e. The Kier molecular flexibility index (Phi) is 3.43. The molecule has 112 valence electrons. The summed E-state index contributed by atoms with van der Waals surface area (Å²) in [6.07, 6.45) is 5.89. The first kappa shape index (κ1) is 13.3. The molecule has 2 N–H and O–H groups in total. The van der Waals surface area contributed by atoms with E-state index in [1.165, 1.54) is 18.4 Å². The molecule has 2 atom stereocenters. The number of hydrazine groups is 1. The number of nitrogens with zero attached hydrogens (tertiary/aromatic N) is 1. The highest BCUT2D eigenvalue weighted by molar-refractivity contribution is 5.82. The second kappa shape index (κ2) is 5.43. The SMILES string of the molecule is O=C(C1CC(C2CC2)NN1)N(Cc1ccccc1)C1CC1. The van der Waals surface area contributed by atoms with E-state index in [1.54, 1.807) is 0 Å². The summed E-state index contributed by atoms with van der Waals surface area (Å²) in [5.74, 6) is 1.07. The Morgan fingerprint density at radius 2 is 1.86 bits per heavy atom. The van der Waals surface area contributed by atoms with Crippen LogP contribution in [0.3, 0.4) is 0 Å². The zero-order chi connectivity index (χ0) is 14.2. The van der Waals surface area contributed by atoms with Gasteiger partial charge in [-0.2, -0.15) is 0 Å². The molecule has 2 saturated carbocycles. The van der Waals surface area contributed by atoms with Gasteiger partial charge in [0.15, 0.2) is 0 Å². The average molecular weight is 285 g/mol. The summed E-state index contributed by atoms with van der Waals surface area (Å²) in [7, 11) is 0. The third-order valence-corrected chi connectivity index (χ3v) is 4.89. The number of benzene rings is 1. The van der Waals surface area contributed by atoms with Crippen molar-refractivity contribution in [2.75, 3.05) is 0 Å². The molecule has 3 aliphatic rings. The highest BCUT2D eigenvalue weighted by Crippen LogP contribution is 2.36. The van der Waals surface area contributed by atoms with E-state index in [0.717, 1.165) is 31.7 Å². The summed E-state index contributed by atoms with van der Waals surface area (Å²) in [5.41, 5.74) is 7.79. The average Bonchev–Trinajstić information content (AvgIpc) is 3.44. The zero-order valence-electron chi connectivity index (χ0n) is 12.3. The van der Waals surface area contributed by atoms with Crippen LogP contribution in [0, 0.1) is 5.92 Å². The standard InChI is InChI=1S/C17H23N3O/c21-17(16-10-15(18-19-16)13-6-7-13)20(14-8-9-14)11-12-4-2-1-3-5-12/h1-5,13-16,18-19H,6-11H2. The van der Waals surface area contributed by atoms with E-state index in [0.29, 0.717) is 12.1 Å². The fraction of sp³-hybridized carbons (Fsp3) is 0.588. The molecule has 1 heterocycles. The third-order valence-electron chi connectivity index (χ3n) is 4.89. The Hall–Kier alpha value is -1.39. The van der Waals surface area contributed by atoms with Gasteiger partial charge in [0.05, 0.1) is 0 Å². The van der Waals surface area contributed by atoms with Crippen molar-refractivity contribution in [1.82, 2.24) is 15.8 Å². The molecule has 0 radical (unpaired) electrons. The van der Waals surface area contributed by atoms with E-state index in [4.69, 9.17) is 0 Å². The first-order valence-corrected chi connectivity index (χ1v) is 8.17. The van der Waals surface area contributed by atoms with Gasteiger partial charge in [-0.15, -0.1) is 0 Å². The molecule has 2 unspecified atom stereocenters. The van der Waals surface area contributed by atoms with Crippen LogP contribution < -0.4 is 10.9 Å². The Balaban J connectivity index is 1.42. The smallest absolute Gasteiger partial charge is 0.241 e. The van der Waals surface area contributed by atoms with Crippen molar-refractivity contribution >= 4 is 5.91 Å². The topological polar surface area (TPSA) is 44.4 Å². The fourth-order valence-electron chi connectivity index (χ4n) is 3.30. The van der Waals surface area contributed by atoms with Gasteiger partial charge < -0.3 is 4.90 Å². The van der Waals surface area contributed by atoms with Gasteiger partial charge in [0.25, 0.3) is 0 Å². The molecule has 2 aliphatic carbocycles. The van der Waals surface area contributed by atoms with E-state index < -0.39 is 0 Å². The lowest BCUT2D eigenvalue weighted by molar-refractivity contribution is -0.134. The Morgan fingerprint density at radius 3 is 2.52 bits per heavy atom. The van der Waals surface area contributed by atoms with Crippen LogP contribution in [0.5, 0.6) is 0 Å². The quantitative estimate of drug-likeness (QED) is 0.867. The molecule has 1 saturated heterocycles. The number of nitrogens with one attached hydrogen (secondary N) is 2. The molecule has 21 heavy (non-hydrogen) atoms. The maximum atomic E-state index is 12.8. The number of hydrogen-bond acceptors (Lipinski definition) is 3. The highest BCUT2D eigenvalue weighted by atomic mass is 16.2. The number of hydrogen-bond donors (Lipinski definition) is 2. The minimum absolute atomic E-state index is 0.0417. The molecule has 0 aromatic heterocycles. The minimum Gasteiger partial charge on any atom is -0.334 e. The number of carbonyl (C=O) groups excluding carboxylic acids is 1. The summed E-state index contributed by atoms with van der Waals surface area (Å²) >= 11 is 0. The Labute approximate surface area is 125 Å². The van der Waals surface area contributed by atoms with Crippen LogP contribution >= 0.6 is 0 Å². The summed E-state index contributed by atoms with van der Waals surface area (Å²) < 4.78 is 0. The van der Waals surface area contributed by atoms with E-state index in [9.17, 15) is 4.79 Å². The highest BCUT2D eigenvalue weighted by Gasteiger charge is 2.42. The predicted molar refractivity (Wildman–Crippen MR) is 81.2 cm³/mol. The Bertz CT molecular complexity index is 510. The van der Waals surface area contributed by atoms with Crippen molar-refractivity contribution in [2.24, 2.45) is 5.92 Å². The molecule has 1 aromatic rings. The molecule has 4 rings (SSSR count). The van der Waals surface area contributed by atoms with E-state index in [2.05, 4.69) is 27.9 Å². The van der Waals surface area contributed by atoms with Gasteiger partial charge in [-0.25, -0.2) is 5.43 Å². The lowest BCUT2D eigenvalue weighted by atomic mass is 10.0. The van der Waals surface area contributed by atoms with Gasteiger partial charge in [-0.05, 0) is 43.6 Å². The van der Waals surface area contributed by atoms with Crippen LogP contribution in [0.4, 0.5) is 0 Å². The van der Waals surface area contributed by atoms with Crippen LogP contribution in [-0.2, 0) is 11.3 Å². The van der Waals surface area contributed by atoms with Crippen molar-refractivity contribution < 1.29 is 4.79 Å². The molecule has 1 amide bonds. The van der Waals surface area contributed by atoms with Crippen molar-refractivity contribution in [3.8, 4) is 0 Å². The van der Waals surface area contributed by atoms with Crippen molar-refractivity contribution in [3.63, 3.8) is 0 Å². The number of amides is 1. The summed E-state index contributed by atoms with van der Waals surface area (Å²) in [5, 5.41) is 0. The van der Waals surface area contributed by atoms with Gasteiger partial charge >= 0.3 is 0 Å². The molecule has 4 heteroatoms. The zero-order valence-corrected chi connectivity index (χ0v) is 12.3. The molecule has 0 bridgehead atoms. The van der Waals surface area contributed by atoms with Crippen LogP contribution in [0.15, 0.2) is 30.3 Å². The van der Waals surface area contributed by atoms with Gasteiger partial charge in [0.1, 0.15) is 6.04 Å². The third kappa shape index (κ3) is 2.97. The van der Waals surface area contributed by atoms with Crippen molar-refractivity contribution in [2.45, 2.75) is 56.8 Å². The van der Waals surface area contributed by atoms with E-state index >= 15 is 0 Å². The maximum Gasteiger partial charge on any atom is 0.241 e. The molecular weight excluding hydrogens is 262 g/mol. The molecule has 1 aliphatic heterocycles. The lowest BCUT2D eigenvalue weighted by Gasteiger charge is -2.25. The monoisotopic (exact) mass is 285 g/mol. The van der Waals surface area contributed by atoms with Crippen LogP contribution in [0.1, 0.15) is 37.7 Å². The second-order valence-electron chi connectivity index (χ2n) is 6.70. The van der Waals surface area contributed by atoms with Crippen molar-refractivity contribution in [1.29, 1.82) is 0 Å². The first-order chi connectivity index (χ1) is 10.3. The summed E-state index contributed by atoms with van der Waals surface area (Å²) in [6.45, 7) is 0.747. The summed E-state index contributed by atoms with van der Waals surface area (Å²) in [6, 6.07) is 11.2. The molecule has 1 aromatic carbocycles. The summed E-state index contributed by atoms with van der Waals surface area (Å²) in [4.78, 5) is 14.9. The number of rotatable bonds is 5. The van der Waals surface area contributed by atoms with Gasteiger partial charge in [0, 0.05) is 18.6 Å². The fourth-order valence-corrected chi connectivity index (χ4v) is 3.30. The van der Waals surface area contributed by atoms with E-state index in [-0.39, 0.29) is 11.9 Å². The van der Waals surface area contributed by atoms with Gasteiger partial charge in [-0.3, -0.25) is 10.2 Å². The van der Waals surface area contributed by atoms with Crippen LogP contribution in [0.2, 0.25) is 0 Å². The minimum atomic E-state index is -0.0417.